The summed E-state index contributed by atoms with van der Waals surface area (Å²) in [6.45, 7) is 10.4. The minimum atomic E-state index is -0.576. The second kappa shape index (κ2) is 10.6. The molecule has 0 radical (unpaired) electrons. The Hall–Kier alpha value is -3.25. The normalized spacial score (nSPS) is 15.8. The summed E-state index contributed by atoms with van der Waals surface area (Å²) in [5.74, 6) is -0.0262. The third-order valence-electron chi connectivity index (χ3n) is 6.19. The molecule has 1 unspecified atom stereocenters. The summed E-state index contributed by atoms with van der Waals surface area (Å²) in [5.41, 5.74) is 5.21. The molecule has 0 amide bonds. The summed E-state index contributed by atoms with van der Waals surface area (Å²) in [6, 6.07) is 15.7. The highest BCUT2D eigenvalue weighted by molar-refractivity contribution is 7.07. The van der Waals surface area contributed by atoms with Crippen LogP contribution >= 0.6 is 11.3 Å². The molecule has 1 aliphatic heterocycles. The van der Waals surface area contributed by atoms with Crippen molar-refractivity contribution in [2.24, 2.45) is 4.99 Å². The van der Waals surface area contributed by atoms with Crippen molar-refractivity contribution in [2.75, 3.05) is 6.61 Å². The van der Waals surface area contributed by atoms with Gasteiger partial charge >= 0.3 is 5.97 Å². The van der Waals surface area contributed by atoms with Crippen molar-refractivity contribution < 1.29 is 9.53 Å². The van der Waals surface area contributed by atoms with E-state index >= 15 is 0 Å². The molecule has 0 aliphatic carbocycles. The van der Waals surface area contributed by atoms with Crippen molar-refractivity contribution >= 4 is 23.4 Å². The molecule has 2 aromatic carbocycles. The smallest absolute Gasteiger partial charge is 0.338 e. The highest BCUT2D eigenvalue weighted by Gasteiger charge is 2.34. The number of carbonyl (C=O) groups is 1. The number of hydrogen-bond acceptors (Lipinski definition) is 5. The van der Waals surface area contributed by atoms with Crippen molar-refractivity contribution in [1.82, 2.24) is 4.57 Å². The second-order valence-corrected chi connectivity index (χ2v) is 10.2. The molecule has 1 aliphatic rings. The van der Waals surface area contributed by atoms with Crippen LogP contribution in [0.5, 0.6) is 0 Å². The maximum absolute atomic E-state index is 13.7. The van der Waals surface area contributed by atoms with Gasteiger partial charge in [-0.3, -0.25) is 9.36 Å². The van der Waals surface area contributed by atoms with Gasteiger partial charge in [0.15, 0.2) is 4.80 Å². The number of benzene rings is 2. The lowest BCUT2D eigenvalue weighted by molar-refractivity contribution is -0.139. The fourth-order valence-corrected chi connectivity index (χ4v) is 5.33. The third-order valence-corrected chi connectivity index (χ3v) is 7.17. The van der Waals surface area contributed by atoms with Crippen LogP contribution in [0.2, 0.25) is 0 Å². The van der Waals surface area contributed by atoms with Gasteiger partial charge in [0.05, 0.1) is 28.5 Å². The number of carbonyl (C=O) groups excluding carboxylic acids is 1. The molecule has 2 heterocycles. The lowest BCUT2D eigenvalue weighted by Crippen LogP contribution is -2.40. The van der Waals surface area contributed by atoms with E-state index in [4.69, 9.17) is 9.73 Å². The fourth-order valence-electron chi connectivity index (χ4n) is 4.31. The predicted octanol–water partition coefficient (Wildman–Crippen LogP) is 5.01. The largest absolute Gasteiger partial charge is 0.463 e. The maximum atomic E-state index is 13.7. The van der Waals surface area contributed by atoms with Gasteiger partial charge in [-0.05, 0) is 49.0 Å². The van der Waals surface area contributed by atoms with Crippen molar-refractivity contribution in [3.8, 4) is 0 Å². The van der Waals surface area contributed by atoms with Crippen molar-refractivity contribution in [1.29, 1.82) is 0 Å². The van der Waals surface area contributed by atoms with Crippen LogP contribution in [0.4, 0.5) is 0 Å². The number of allylic oxidation sites excluding steroid dienone is 1. The molecule has 0 saturated carbocycles. The molecule has 182 valence electrons. The van der Waals surface area contributed by atoms with Crippen LogP contribution in [0.1, 0.15) is 74.8 Å². The first kappa shape index (κ1) is 24.9. The molecule has 1 atom stereocenters. The van der Waals surface area contributed by atoms with Crippen LogP contribution in [0.15, 0.2) is 69.6 Å². The zero-order chi connectivity index (χ0) is 25.1. The summed E-state index contributed by atoms with van der Waals surface area (Å²) in [7, 11) is 0. The molecule has 35 heavy (non-hydrogen) atoms. The summed E-state index contributed by atoms with van der Waals surface area (Å²) in [5, 5.41) is 0. The fraction of sp³-hybridized carbons (Fsp3) is 0.345. The van der Waals surface area contributed by atoms with Gasteiger partial charge in [0, 0.05) is 0 Å². The zero-order valence-corrected chi connectivity index (χ0v) is 21.8. The third kappa shape index (κ3) is 5.08. The molecule has 0 spiro atoms. The van der Waals surface area contributed by atoms with Gasteiger partial charge in [0.1, 0.15) is 0 Å². The van der Waals surface area contributed by atoms with E-state index in [1.54, 1.807) is 11.5 Å². The Morgan fingerprint density at radius 2 is 1.80 bits per heavy atom. The minimum Gasteiger partial charge on any atom is -0.463 e. The van der Waals surface area contributed by atoms with E-state index in [0.29, 0.717) is 32.9 Å². The van der Waals surface area contributed by atoms with Crippen LogP contribution in [0.3, 0.4) is 0 Å². The monoisotopic (exact) mass is 488 g/mol. The van der Waals surface area contributed by atoms with E-state index in [9.17, 15) is 9.59 Å². The van der Waals surface area contributed by atoms with Gasteiger partial charge in [-0.2, -0.15) is 0 Å². The summed E-state index contributed by atoms with van der Waals surface area (Å²) >= 11 is 1.37. The number of fused-ring (bicyclic) bond motifs is 1. The first-order valence-corrected chi connectivity index (χ1v) is 13.0. The van der Waals surface area contributed by atoms with Crippen LogP contribution < -0.4 is 14.9 Å². The number of ether oxygens (including phenoxy) is 1. The Labute approximate surface area is 210 Å². The molecule has 0 saturated heterocycles. The number of aryl methyl sites for hydroxylation is 1. The van der Waals surface area contributed by atoms with E-state index < -0.39 is 12.0 Å². The average molecular weight is 489 g/mol. The Morgan fingerprint density at radius 1 is 1.11 bits per heavy atom. The van der Waals surface area contributed by atoms with Gasteiger partial charge in [-0.1, -0.05) is 92.6 Å². The van der Waals surface area contributed by atoms with Gasteiger partial charge in [-0.15, -0.1) is 0 Å². The average Bonchev–Trinajstić information content (AvgIpc) is 3.14. The minimum absolute atomic E-state index is 0.149. The predicted molar refractivity (Wildman–Crippen MR) is 141 cm³/mol. The van der Waals surface area contributed by atoms with E-state index in [2.05, 4.69) is 32.9 Å². The highest BCUT2D eigenvalue weighted by atomic mass is 32.1. The molecule has 1 aromatic heterocycles. The van der Waals surface area contributed by atoms with E-state index in [0.717, 1.165) is 23.1 Å². The molecule has 0 bridgehead atoms. The van der Waals surface area contributed by atoms with Crippen molar-refractivity contribution in [3.63, 3.8) is 0 Å². The molecule has 0 fully saturated rings. The Bertz CT molecular complexity index is 1430. The summed E-state index contributed by atoms with van der Waals surface area (Å²) in [4.78, 5) is 32.4. The topological polar surface area (TPSA) is 60.7 Å². The Morgan fingerprint density at radius 3 is 2.40 bits per heavy atom. The molecule has 5 nitrogen and oxygen atoms in total. The van der Waals surface area contributed by atoms with E-state index in [-0.39, 0.29) is 12.2 Å². The number of rotatable bonds is 7. The standard InChI is InChI=1S/C29H32N2O3S/c1-6-8-23-25(28(33)34-7-2)26(22-15-13-21(14-16-22)18(3)4)31-27(32)24(35-29(31)30-23)17-20-11-9-19(5)10-12-20/h9-18,26H,6-8H2,1-5H3/b24-17-. The van der Waals surface area contributed by atoms with E-state index in [1.165, 1.54) is 16.9 Å². The van der Waals surface area contributed by atoms with Crippen molar-refractivity contribution in [3.05, 3.63) is 102 Å². The number of aromatic nitrogens is 1. The van der Waals surface area contributed by atoms with Crippen LogP contribution in [-0.2, 0) is 9.53 Å². The first-order chi connectivity index (χ1) is 16.8. The van der Waals surface area contributed by atoms with Gasteiger partial charge in [0.25, 0.3) is 5.56 Å². The Kier molecular flexibility index (Phi) is 7.51. The molecular formula is C29H32N2O3S. The number of hydrogen-bond donors (Lipinski definition) is 0. The summed E-state index contributed by atoms with van der Waals surface area (Å²) in [6.07, 6.45) is 3.37. The van der Waals surface area contributed by atoms with Crippen LogP contribution in [0.25, 0.3) is 6.08 Å². The van der Waals surface area contributed by atoms with Crippen LogP contribution in [0, 0.1) is 6.92 Å². The van der Waals surface area contributed by atoms with Crippen LogP contribution in [-0.4, -0.2) is 17.1 Å². The molecule has 6 heteroatoms. The lowest BCUT2D eigenvalue weighted by atomic mass is 9.92. The zero-order valence-electron chi connectivity index (χ0n) is 21.0. The highest BCUT2D eigenvalue weighted by Crippen LogP contribution is 2.33. The lowest BCUT2D eigenvalue weighted by Gasteiger charge is -2.26. The molecule has 4 rings (SSSR count). The van der Waals surface area contributed by atoms with Gasteiger partial charge < -0.3 is 4.74 Å². The number of esters is 1. The van der Waals surface area contributed by atoms with Gasteiger partial charge in [0.2, 0.25) is 0 Å². The summed E-state index contributed by atoms with van der Waals surface area (Å²) < 4.78 is 7.73. The maximum Gasteiger partial charge on any atom is 0.338 e. The second-order valence-electron chi connectivity index (χ2n) is 9.15. The number of thiazole rings is 1. The van der Waals surface area contributed by atoms with Crippen molar-refractivity contribution in [2.45, 2.75) is 59.4 Å². The Balaban J connectivity index is 1.97. The molecule has 0 N–H and O–H groups in total. The van der Waals surface area contributed by atoms with E-state index in [1.807, 2.05) is 49.4 Å². The molecule has 3 aromatic rings. The quantitative estimate of drug-likeness (QED) is 0.439. The SMILES string of the molecule is CCCC1=C(C(=O)OCC)C(c2ccc(C(C)C)cc2)n2c(s/c(=C\c3ccc(C)cc3)c2=O)=N1. The molecular weight excluding hydrogens is 456 g/mol. The van der Waals surface area contributed by atoms with Gasteiger partial charge in [-0.25, -0.2) is 9.79 Å². The first-order valence-electron chi connectivity index (χ1n) is 12.2. The number of nitrogens with zero attached hydrogens (tertiary/aromatic N) is 2.